The minimum absolute atomic E-state index is 0.643. The molecule has 4 atom stereocenters. The molecule has 18 heavy (non-hydrogen) atoms. The van der Waals surface area contributed by atoms with Crippen molar-refractivity contribution in [3.8, 4) is 0 Å². The molecular weight excluding hydrogens is 220 g/mol. The van der Waals surface area contributed by atoms with Gasteiger partial charge in [-0.15, -0.1) is 0 Å². The second-order valence-electron chi connectivity index (χ2n) is 7.12. The van der Waals surface area contributed by atoms with E-state index in [0.717, 1.165) is 17.8 Å². The van der Waals surface area contributed by atoms with E-state index in [0.29, 0.717) is 18.1 Å². The highest BCUT2D eigenvalue weighted by molar-refractivity contribution is 4.94. The highest BCUT2D eigenvalue weighted by atomic mass is 15.2. The Labute approximate surface area is 115 Å². The van der Waals surface area contributed by atoms with Gasteiger partial charge in [0.1, 0.15) is 0 Å². The quantitative estimate of drug-likeness (QED) is 0.809. The van der Waals surface area contributed by atoms with Crippen LogP contribution in [0.25, 0.3) is 0 Å². The third-order valence-electron chi connectivity index (χ3n) is 4.42. The molecule has 0 aromatic rings. The number of hydrogen-bond acceptors (Lipinski definition) is 2. The molecule has 2 heteroatoms. The van der Waals surface area contributed by atoms with E-state index in [2.05, 4.69) is 58.8 Å². The van der Waals surface area contributed by atoms with Crippen LogP contribution in [0.15, 0.2) is 0 Å². The van der Waals surface area contributed by atoms with Crippen LogP contribution in [0.1, 0.15) is 54.4 Å². The molecule has 1 aliphatic rings. The largest absolute Gasteiger partial charge is 0.315 e. The topological polar surface area (TPSA) is 15.3 Å². The SMILES string of the molecule is CNC1CC(C)CC(C)C1N(CC(C)C)C(C)C. The fourth-order valence-electron chi connectivity index (χ4n) is 3.78. The van der Waals surface area contributed by atoms with Gasteiger partial charge in [0, 0.05) is 24.7 Å². The lowest BCUT2D eigenvalue weighted by atomic mass is 9.75. The summed E-state index contributed by atoms with van der Waals surface area (Å²) >= 11 is 0. The molecule has 0 saturated heterocycles. The highest BCUT2D eigenvalue weighted by Gasteiger charge is 2.37. The second-order valence-corrected chi connectivity index (χ2v) is 7.12. The number of likely N-dealkylation sites (N-methyl/N-ethyl adjacent to an activating group) is 1. The second kappa shape index (κ2) is 6.91. The number of hydrogen-bond donors (Lipinski definition) is 1. The molecule has 1 aliphatic carbocycles. The molecule has 1 fully saturated rings. The summed E-state index contributed by atoms with van der Waals surface area (Å²) in [5.74, 6) is 2.41. The maximum atomic E-state index is 3.58. The number of nitrogens with one attached hydrogen (secondary N) is 1. The summed E-state index contributed by atoms with van der Waals surface area (Å²) in [4.78, 5) is 2.74. The molecule has 0 amide bonds. The summed E-state index contributed by atoms with van der Waals surface area (Å²) in [6, 6.07) is 2.00. The van der Waals surface area contributed by atoms with Crippen LogP contribution in [0.5, 0.6) is 0 Å². The first-order valence-electron chi connectivity index (χ1n) is 7.79. The van der Waals surface area contributed by atoms with Gasteiger partial charge in [-0.1, -0.05) is 27.7 Å². The molecule has 4 unspecified atom stereocenters. The molecule has 2 nitrogen and oxygen atoms in total. The van der Waals surface area contributed by atoms with Gasteiger partial charge in [0.05, 0.1) is 0 Å². The molecule has 1 rings (SSSR count). The minimum Gasteiger partial charge on any atom is -0.315 e. The van der Waals surface area contributed by atoms with E-state index < -0.39 is 0 Å². The average Bonchev–Trinajstić information content (AvgIpc) is 2.25. The first-order chi connectivity index (χ1) is 8.36. The summed E-state index contributed by atoms with van der Waals surface area (Å²) in [5.41, 5.74) is 0. The zero-order valence-corrected chi connectivity index (χ0v) is 13.5. The van der Waals surface area contributed by atoms with Crippen molar-refractivity contribution in [2.75, 3.05) is 13.6 Å². The van der Waals surface area contributed by atoms with E-state index in [4.69, 9.17) is 0 Å². The summed E-state index contributed by atoms with van der Waals surface area (Å²) < 4.78 is 0. The van der Waals surface area contributed by atoms with Crippen molar-refractivity contribution in [1.82, 2.24) is 10.2 Å². The van der Waals surface area contributed by atoms with Gasteiger partial charge in [-0.05, 0) is 51.5 Å². The van der Waals surface area contributed by atoms with Crippen LogP contribution >= 0.6 is 0 Å². The number of nitrogens with zero attached hydrogens (tertiary/aromatic N) is 1. The van der Waals surface area contributed by atoms with Crippen molar-refractivity contribution < 1.29 is 0 Å². The first-order valence-corrected chi connectivity index (χ1v) is 7.79. The van der Waals surface area contributed by atoms with Crippen LogP contribution in [-0.4, -0.2) is 36.6 Å². The minimum atomic E-state index is 0.643. The Morgan fingerprint density at radius 1 is 1.11 bits per heavy atom. The average molecular weight is 254 g/mol. The van der Waals surface area contributed by atoms with Crippen LogP contribution in [0.3, 0.4) is 0 Å². The molecular formula is C16H34N2. The molecule has 0 aliphatic heterocycles. The predicted octanol–water partition coefficient (Wildman–Crippen LogP) is 3.38. The predicted molar refractivity (Wildman–Crippen MR) is 80.9 cm³/mol. The smallest absolute Gasteiger partial charge is 0.0277 e. The first kappa shape index (κ1) is 16.0. The summed E-state index contributed by atoms with van der Waals surface area (Å²) in [7, 11) is 2.14. The van der Waals surface area contributed by atoms with Gasteiger partial charge in [-0.2, -0.15) is 0 Å². The Morgan fingerprint density at radius 2 is 1.72 bits per heavy atom. The highest BCUT2D eigenvalue weighted by Crippen LogP contribution is 2.33. The van der Waals surface area contributed by atoms with Gasteiger partial charge in [0.2, 0.25) is 0 Å². The van der Waals surface area contributed by atoms with Crippen LogP contribution in [0.4, 0.5) is 0 Å². The van der Waals surface area contributed by atoms with Crippen molar-refractivity contribution in [2.45, 2.75) is 72.5 Å². The Balaban J connectivity index is 2.85. The Morgan fingerprint density at radius 3 is 2.17 bits per heavy atom. The zero-order chi connectivity index (χ0) is 13.9. The third-order valence-corrected chi connectivity index (χ3v) is 4.42. The summed E-state index contributed by atoms with van der Waals surface area (Å²) in [6.45, 7) is 15.4. The lowest BCUT2D eigenvalue weighted by molar-refractivity contribution is 0.0337. The fourth-order valence-corrected chi connectivity index (χ4v) is 3.78. The maximum Gasteiger partial charge on any atom is 0.0277 e. The molecule has 0 heterocycles. The Hall–Kier alpha value is -0.0800. The van der Waals surface area contributed by atoms with Gasteiger partial charge in [-0.25, -0.2) is 0 Å². The van der Waals surface area contributed by atoms with Gasteiger partial charge in [0.15, 0.2) is 0 Å². The van der Waals surface area contributed by atoms with E-state index in [1.807, 2.05) is 0 Å². The third kappa shape index (κ3) is 3.96. The monoisotopic (exact) mass is 254 g/mol. The molecule has 1 saturated carbocycles. The van der Waals surface area contributed by atoms with E-state index in [9.17, 15) is 0 Å². The van der Waals surface area contributed by atoms with Gasteiger partial charge in [-0.3, -0.25) is 4.90 Å². The van der Waals surface area contributed by atoms with Crippen LogP contribution in [0.2, 0.25) is 0 Å². The fraction of sp³-hybridized carbons (Fsp3) is 1.00. The lowest BCUT2D eigenvalue weighted by Crippen LogP contribution is -2.58. The molecule has 108 valence electrons. The van der Waals surface area contributed by atoms with Gasteiger partial charge < -0.3 is 5.32 Å². The van der Waals surface area contributed by atoms with Crippen LogP contribution < -0.4 is 5.32 Å². The molecule has 0 radical (unpaired) electrons. The summed E-state index contributed by atoms with van der Waals surface area (Å²) in [5, 5.41) is 3.58. The van der Waals surface area contributed by atoms with E-state index >= 15 is 0 Å². The summed E-state index contributed by atoms with van der Waals surface area (Å²) in [6.07, 6.45) is 2.71. The molecule has 0 spiro atoms. The van der Waals surface area contributed by atoms with Crippen molar-refractivity contribution in [1.29, 1.82) is 0 Å². The Bertz CT molecular complexity index is 237. The normalized spacial score (nSPS) is 33.7. The van der Waals surface area contributed by atoms with Crippen LogP contribution in [-0.2, 0) is 0 Å². The number of rotatable bonds is 5. The molecule has 0 aromatic carbocycles. The molecule has 0 aromatic heterocycles. The molecule has 1 N–H and O–H groups in total. The van der Waals surface area contributed by atoms with Crippen molar-refractivity contribution in [3.05, 3.63) is 0 Å². The maximum absolute atomic E-state index is 3.58. The lowest BCUT2D eigenvalue weighted by Gasteiger charge is -2.48. The molecule has 0 bridgehead atoms. The Kier molecular flexibility index (Phi) is 6.13. The zero-order valence-electron chi connectivity index (χ0n) is 13.5. The van der Waals surface area contributed by atoms with E-state index in [1.54, 1.807) is 0 Å². The van der Waals surface area contributed by atoms with E-state index in [1.165, 1.54) is 19.4 Å². The van der Waals surface area contributed by atoms with Crippen molar-refractivity contribution in [2.24, 2.45) is 17.8 Å². The van der Waals surface area contributed by atoms with Gasteiger partial charge >= 0.3 is 0 Å². The van der Waals surface area contributed by atoms with E-state index in [-0.39, 0.29) is 0 Å². The van der Waals surface area contributed by atoms with Crippen molar-refractivity contribution >= 4 is 0 Å². The van der Waals surface area contributed by atoms with Gasteiger partial charge in [0.25, 0.3) is 0 Å². The standard InChI is InChI=1S/C16H34N2/c1-11(2)10-18(12(3)4)16-14(6)8-13(5)9-15(16)17-7/h11-17H,8-10H2,1-7H3. The van der Waals surface area contributed by atoms with Crippen LogP contribution in [0, 0.1) is 17.8 Å². The van der Waals surface area contributed by atoms with Crippen molar-refractivity contribution in [3.63, 3.8) is 0 Å².